The van der Waals surface area contributed by atoms with Crippen molar-refractivity contribution < 1.29 is 14.3 Å². The first-order valence-electron chi connectivity index (χ1n) is 5.58. The number of primary amides is 1. The van der Waals surface area contributed by atoms with Gasteiger partial charge in [0.25, 0.3) is 0 Å². The number of carbonyl (C=O) groups excluding carboxylic acids is 2. The Labute approximate surface area is 101 Å². The number of ether oxygens (including phenoxy) is 1. The zero-order valence-corrected chi connectivity index (χ0v) is 10.1. The van der Waals surface area contributed by atoms with Gasteiger partial charge < -0.3 is 10.5 Å². The number of carbonyl (C=O) groups is 2. The maximum atomic E-state index is 11.5. The fourth-order valence-corrected chi connectivity index (χ4v) is 1.45. The lowest BCUT2D eigenvalue weighted by Gasteiger charge is -2.12. The predicted octanol–water partition coefficient (Wildman–Crippen LogP) is 1.98. The predicted molar refractivity (Wildman–Crippen MR) is 64.6 cm³/mol. The van der Waals surface area contributed by atoms with E-state index >= 15 is 0 Å². The first-order valence-corrected chi connectivity index (χ1v) is 5.58. The van der Waals surface area contributed by atoms with Gasteiger partial charge in [0, 0.05) is 6.42 Å². The summed E-state index contributed by atoms with van der Waals surface area (Å²) in [5.74, 6) is -0.108. The van der Waals surface area contributed by atoms with Crippen LogP contribution in [0, 0.1) is 0 Å². The van der Waals surface area contributed by atoms with E-state index in [1.54, 1.807) is 6.07 Å². The molecule has 0 aliphatic carbocycles. The second-order valence-electron chi connectivity index (χ2n) is 4.13. The molecule has 0 aliphatic heterocycles. The molecule has 0 saturated carbocycles. The third-order valence-corrected chi connectivity index (χ3v) is 2.34. The van der Waals surface area contributed by atoms with Crippen LogP contribution < -0.4 is 10.5 Å². The van der Waals surface area contributed by atoms with Gasteiger partial charge in [0.05, 0.1) is 6.42 Å². The molecule has 0 bridgehead atoms. The van der Waals surface area contributed by atoms with E-state index < -0.39 is 11.9 Å². The molecular formula is C13H17NO3. The van der Waals surface area contributed by atoms with Crippen molar-refractivity contribution in [2.75, 3.05) is 0 Å². The van der Waals surface area contributed by atoms with Crippen LogP contribution in [0.1, 0.15) is 38.2 Å². The summed E-state index contributed by atoms with van der Waals surface area (Å²) in [6, 6.07) is 7.37. The largest absolute Gasteiger partial charge is 0.426 e. The van der Waals surface area contributed by atoms with Crippen LogP contribution in [0.5, 0.6) is 5.75 Å². The summed E-state index contributed by atoms with van der Waals surface area (Å²) in [6.07, 6.45) is 0.0322. The minimum absolute atomic E-state index is 0.0156. The summed E-state index contributed by atoms with van der Waals surface area (Å²) in [4.78, 5) is 22.0. The summed E-state index contributed by atoms with van der Waals surface area (Å²) in [5.41, 5.74) is 5.94. The number of hydrogen-bond donors (Lipinski definition) is 1. The molecule has 17 heavy (non-hydrogen) atoms. The van der Waals surface area contributed by atoms with E-state index in [0.29, 0.717) is 5.75 Å². The van der Waals surface area contributed by atoms with Crippen LogP contribution in [0.15, 0.2) is 24.3 Å². The molecule has 92 valence electrons. The van der Waals surface area contributed by atoms with Crippen LogP contribution in [0.3, 0.4) is 0 Å². The van der Waals surface area contributed by atoms with Crippen molar-refractivity contribution in [2.45, 2.75) is 32.6 Å². The van der Waals surface area contributed by atoms with Crippen LogP contribution in [-0.4, -0.2) is 11.9 Å². The van der Waals surface area contributed by atoms with Gasteiger partial charge in [-0.2, -0.15) is 0 Å². The highest BCUT2D eigenvalue weighted by Crippen LogP contribution is 2.26. The van der Waals surface area contributed by atoms with Gasteiger partial charge >= 0.3 is 5.97 Å². The van der Waals surface area contributed by atoms with Gasteiger partial charge in [0.2, 0.25) is 5.91 Å². The highest BCUT2D eigenvalue weighted by molar-refractivity contribution is 5.81. The molecule has 0 spiro atoms. The van der Waals surface area contributed by atoms with Crippen LogP contribution in [0.2, 0.25) is 0 Å². The van der Waals surface area contributed by atoms with E-state index in [-0.39, 0.29) is 18.8 Å². The Balaban J connectivity index is 2.68. The highest BCUT2D eigenvalue weighted by atomic mass is 16.5. The average Bonchev–Trinajstić information content (AvgIpc) is 2.27. The number of amides is 1. The minimum atomic E-state index is -0.501. The van der Waals surface area contributed by atoms with Crippen molar-refractivity contribution in [2.24, 2.45) is 5.73 Å². The lowest BCUT2D eigenvalue weighted by Crippen LogP contribution is -2.16. The quantitative estimate of drug-likeness (QED) is 0.626. The number of esters is 1. The molecule has 0 heterocycles. The summed E-state index contributed by atoms with van der Waals surface area (Å²) in [6.45, 7) is 4.05. The van der Waals surface area contributed by atoms with Gasteiger partial charge in [-0.15, -0.1) is 0 Å². The molecule has 4 heteroatoms. The van der Waals surface area contributed by atoms with Gasteiger partial charge in [-0.05, 0) is 17.5 Å². The molecule has 2 N–H and O–H groups in total. The van der Waals surface area contributed by atoms with Gasteiger partial charge in [-0.3, -0.25) is 9.59 Å². The third-order valence-electron chi connectivity index (χ3n) is 2.34. The van der Waals surface area contributed by atoms with Crippen molar-refractivity contribution in [3.63, 3.8) is 0 Å². The fourth-order valence-electron chi connectivity index (χ4n) is 1.45. The number of benzene rings is 1. The summed E-state index contributed by atoms with van der Waals surface area (Å²) < 4.78 is 5.21. The molecular weight excluding hydrogens is 218 g/mol. The van der Waals surface area contributed by atoms with Gasteiger partial charge in [-0.1, -0.05) is 32.0 Å². The molecule has 0 saturated heterocycles. The van der Waals surface area contributed by atoms with Crippen LogP contribution >= 0.6 is 0 Å². The second kappa shape index (κ2) is 6.03. The van der Waals surface area contributed by atoms with Gasteiger partial charge in [-0.25, -0.2) is 0 Å². The van der Waals surface area contributed by atoms with Crippen molar-refractivity contribution >= 4 is 11.9 Å². The van der Waals surface area contributed by atoms with E-state index in [4.69, 9.17) is 10.5 Å². The Morgan fingerprint density at radius 3 is 2.47 bits per heavy atom. The minimum Gasteiger partial charge on any atom is -0.426 e. The first-order chi connectivity index (χ1) is 8.00. The molecule has 0 aliphatic rings. The maximum absolute atomic E-state index is 11.5. The molecule has 0 aromatic heterocycles. The van der Waals surface area contributed by atoms with Gasteiger partial charge in [0.1, 0.15) is 5.75 Å². The van der Waals surface area contributed by atoms with E-state index in [1.165, 1.54) is 0 Å². The Bertz CT molecular complexity index is 413. The number of nitrogens with two attached hydrogens (primary N) is 1. The molecule has 0 unspecified atom stereocenters. The van der Waals surface area contributed by atoms with Gasteiger partial charge in [0.15, 0.2) is 0 Å². The Morgan fingerprint density at radius 1 is 1.24 bits per heavy atom. The summed E-state index contributed by atoms with van der Waals surface area (Å²) in [7, 11) is 0. The summed E-state index contributed by atoms with van der Waals surface area (Å²) >= 11 is 0. The van der Waals surface area contributed by atoms with E-state index in [2.05, 4.69) is 0 Å². The van der Waals surface area contributed by atoms with Crippen LogP contribution in [-0.2, 0) is 9.59 Å². The lowest BCUT2D eigenvalue weighted by molar-refractivity contribution is -0.136. The van der Waals surface area contributed by atoms with Crippen molar-refractivity contribution in [1.29, 1.82) is 0 Å². The van der Waals surface area contributed by atoms with E-state index in [1.807, 2.05) is 32.0 Å². The topological polar surface area (TPSA) is 69.4 Å². The Hall–Kier alpha value is -1.84. The molecule has 0 atom stereocenters. The van der Waals surface area contributed by atoms with E-state index in [9.17, 15) is 9.59 Å². The lowest BCUT2D eigenvalue weighted by atomic mass is 10.0. The standard InChI is InChI=1S/C13H17NO3/c1-9(2)10-5-3-4-6-11(10)17-13(16)8-7-12(14)15/h3-6,9H,7-8H2,1-2H3,(H2,14,15). The number of para-hydroxylation sites is 1. The maximum Gasteiger partial charge on any atom is 0.311 e. The third kappa shape index (κ3) is 4.26. The molecule has 4 nitrogen and oxygen atoms in total. The molecule has 1 amide bonds. The smallest absolute Gasteiger partial charge is 0.311 e. The van der Waals surface area contributed by atoms with Crippen molar-refractivity contribution in [3.05, 3.63) is 29.8 Å². The monoisotopic (exact) mass is 235 g/mol. The normalized spacial score (nSPS) is 10.3. The van der Waals surface area contributed by atoms with Crippen molar-refractivity contribution in [1.82, 2.24) is 0 Å². The zero-order valence-electron chi connectivity index (χ0n) is 10.1. The number of rotatable bonds is 5. The summed E-state index contributed by atoms with van der Waals surface area (Å²) in [5, 5.41) is 0. The highest BCUT2D eigenvalue weighted by Gasteiger charge is 2.11. The molecule has 1 aromatic rings. The van der Waals surface area contributed by atoms with Crippen molar-refractivity contribution in [3.8, 4) is 5.75 Å². The molecule has 0 fully saturated rings. The van der Waals surface area contributed by atoms with Crippen LogP contribution in [0.25, 0.3) is 0 Å². The average molecular weight is 235 g/mol. The molecule has 0 radical (unpaired) electrons. The zero-order chi connectivity index (χ0) is 12.8. The second-order valence-corrected chi connectivity index (χ2v) is 4.13. The first kappa shape index (κ1) is 13.2. The number of hydrogen-bond acceptors (Lipinski definition) is 3. The van der Waals surface area contributed by atoms with Crippen LogP contribution in [0.4, 0.5) is 0 Å². The fraction of sp³-hybridized carbons (Fsp3) is 0.385. The molecule has 1 rings (SSSR count). The Kier molecular flexibility index (Phi) is 4.69. The Morgan fingerprint density at radius 2 is 1.88 bits per heavy atom. The molecule has 1 aromatic carbocycles. The van der Waals surface area contributed by atoms with E-state index in [0.717, 1.165) is 5.56 Å². The SMILES string of the molecule is CC(C)c1ccccc1OC(=O)CCC(N)=O.